The summed E-state index contributed by atoms with van der Waals surface area (Å²) in [6, 6.07) is 43.1. The van der Waals surface area contributed by atoms with Crippen molar-refractivity contribution in [3.63, 3.8) is 0 Å². The number of rotatable bonds is 36. The predicted molar refractivity (Wildman–Crippen MR) is 413 cm³/mol. The van der Waals surface area contributed by atoms with Gasteiger partial charge in [-0.25, -0.2) is 14.4 Å². The number of unbranched alkanes of at least 4 members (excludes halogenated alkanes) is 2. The molecular formula is C83H104N10O24. The molecule has 5 aliphatic heterocycles. The zero-order chi connectivity index (χ0) is 83.9. The molecule has 10 unspecified atom stereocenters. The molecule has 117 heavy (non-hydrogen) atoms. The Hall–Kier alpha value is -9.92. The second kappa shape index (κ2) is 46.3. The summed E-state index contributed by atoms with van der Waals surface area (Å²) < 4.78 is 110. The van der Waals surface area contributed by atoms with Crippen LogP contribution >= 0.6 is 0 Å². The van der Waals surface area contributed by atoms with E-state index in [-0.39, 0.29) is 57.6 Å². The van der Waals surface area contributed by atoms with Gasteiger partial charge in [0.1, 0.15) is 56.9 Å². The summed E-state index contributed by atoms with van der Waals surface area (Å²) in [6.07, 6.45) is -16.9. The average molecular weight is 1630 g/mol. The lowest BCUT2D eigenvalue weighted by Gasteiger charge is -2.51. The topological polar surface area (TPSA) is 426 Å². The fraction of sp³-hybridized carbons (Fsp3) is 0.566. The van der Waals surface area contributed by atoms with E-state index >= 15 is 0 Å². The lowest BCUT2D eigenvalue weighted by Crippen LogP contribution is -2.64. The summed E-state index contributed by atoms with van der Waals surface area (Å²) in [5.41, 5.74) is 34.2. The maximum Gasteiger partial charge on any atom is 0.410 e. The van der Waals surface area contributed by atoms with Crippen molar-refractivity contribution < 1.29 is 114 Å². The molecule has 630 valence electrons. The first-order valence-electron chi connectivity index (χ1n) is 39.1. The molecule has 0 bridgehead atoms. The Bertz CT molecular complexity index is 4110. The van der Waals surface area contributed by atoms with Crippen LogP contribution in [0.4, 0.5) is 4.79 Å². The van der Waals surface area contributed by atoms with Gasteiger partial charge in [0.05, 0.1) is 74.5 Å². The van der Waals surface area contributed by atoms with E-state index in [1.54, 1.807) is 56.0 Å². The third kappa shape index (κ3) is 25.5. The number of benzene rings is 5. The maximum absolute atomic E-state index is 14.2. The van der Waals surface area contributed by atoms with Crippen LogP contribution in [-0.4, -0.2) is 198 Å². The lowest BCUT2D eigenvalue weighted by atomic mass is 9.82. The molecule has 0 aliphatic carbocycles. The van der Waals surface area contributed by atoms with E-state index in [1.807, 2.05) is 149 Å². The largest absolute Gasteiger partial charge is 0.467 e. The standard InChI is InChI=1S/C82H104N10O22.CO2/c1-48-49(2)65(86-89-83)79(107-62(48)45-100-55(8)93)112-71-52(5)72(103-43-59-33-21-13-22-34-59)81(114-74(71)76(96)98-10)111-69-51(4)67(88-91-85)80(109-63(69)46-101-56(9)94)113-73-54(7)106-77(53(6)70(73)102-42-58-31-19-12-20-32-58)110-68-50(3)66(87-90-84)78(108-64(68)47-104-75(95)61-37-25-15-26-38-61)99-40-28-16-27-39-92(41-57-29-17-11-18-30-57)82(97)105-44-60-35-23-14-24-36-60;2-1-3/h11-15,17-26,29-38,48-54,62-74,77-81H,16,27-28,39-47H2,1-10H3;/t48-,49-,50+,51+,52-,53?,54?,62?,63?,64?,65?,66?,67?,68-,69-,70-,71-,72?,73-,74?,77-,78+,79+,80+,81+;/m0./s1. The fourth-order valence-electron chi connectivity index (χ4n) is 15.0. The molecule has 5 aromatic carbocycles. The van der Waals surface area contributed by atoms with E-state index in [1.165, 1.54) is 21.0 Å². The van der Waals surface area contributed by atoms with Gasteiger partial charge in [-0.1, -0.05) is 196 Å². The molecule has 5 aromatic rings. The van der Waals surface area contributed by atoms with Crippen molar-refractivity contribution in [1.29, 1.82) is 0 Å². The second-order valence-corrected chi connectivity index (χ2v) is 29.5. The van der Waals surface area contributed by atoms with Crippen molar-refractivity contribution in [3.05, 3.63) is 211 Å². The number of azide groups is 3. The summed E-state index contributed by atoms with van der Waals surface area (Å²) in [6.45, 7) is 15.3. The first-order valence-corrected chi connectivity index (χ1v) is 39.1. The van der Waals surface area contributed by atoms with Gasteiger partial charge < -0.3 is 85.4 Å². The zero-order valence-corrected chi connectivity index (χ0v) is 67.1. The molecule has 5 heterocycles. The molecule has 0 spiro atoms. The van der Waals surface area contributed by atoms with Gasteiger partial charge in [0, 0.05) is 60.1 Å². The van der Waals surface area contributed by atoms with Crippen molar-refractivity contribution in [2.75, 3.05) is 40.1 Å². The molecule has 1 amide bonds. The monoisotopic (exact) mass is 1620 g/mol. The maximum atomic E-state index is 14.2. The summed E-state index contributed by atoms with van der Waals surface area (Å²) in [5, 5.41) is 12.6. The minimum atomic E-state index is -1.57. The van der Waals surface area contributed by atoms with Crippen molar-refractivity contribution in [2.45, 2.75) is 225 Å². The average Bonchev–Trinajstić information content (AvgIpc) is 0.764. The number of amides is 1. The second-order valence-electron chi connectivity index (χ2n) is 29.5. The summed E-state index contributed by atoms with van der Waals surface area (Å²) in [4.78, 5) is 94.0. The van der Waals surface area contributed by atoms with E-state index in [2.05, 4.69) is 30.1 Å². The highest BCUT2D eigenvalue weighted by atomic mass is 16.8. The van der Waals surface area contributed by atoms with Crippen LogP contribution in [-0.2, 0) is 131 Å². The molecule has 25 atom stereocenters. The highest BCUT2D eigenvalue weighted by molar-refractivity contribution is 5.89. The molecule has 0 N–H and O–H groups in total. The predicted octanol–water partition coefficient (Wildman–Crippen LogP) is 12.8. The molecule has 5 saturated heterocycles. The van der Waals surface area contributed by atoms with Crippen molar-refractivity contribution >= 4 is 36.1 Å². The highest BCUT2D eigenvalue weighted by Gasteiger charge is 2.57. The number of carbonyl (C=O) groups excluding carboxylic acids is 7. The number of esters is 4. The first kappa shape index (κ1) is 91.0. The minimum Gasteiger partial charge on any atom is -0.467 e. The van der Waals surface area contributed by atoms with E-state index in [9.17, 15) is 40.6 Å². The molecular weight excluding hydrogens is 1520 g/mol. The number of hydrogen-bond donors (Lipinski definition) is 0. The van der Waals surface area contributed by atoms with Crippen LogP contribution in [0.1, 0.15) is 114 Å². The molecule has 5 fully saturated rings. The molecule has 5 aliphatic rings. The Morgan fingerprint density at radius 1 is 0.427 bits per heavy atom. The Kier molecular flexibility index (Phi) is 36.0. The quantitative estimate of drug-likeness (QED) is 0.00897. The van der Waals surface area contributed by atoms with Crippen LogP contribution in [0.2, 0.25) is 0 Å². The Balaban J connectivity index is 0.00000513. The van der Waals surface area contributed by atoms with Crippen LogP contribution in [0.3, 0.4) is 0 Å². The number of nitrogens with zero attached hydrogens (tertiary/aromatic N) is 10. The fourth-order valence-corrected chi connectivity index (χ4v) is 15.0. The van der Waals surface area contributed by atoms with Crippen LogP contribution in [0.5, 0.6) is 0 Å². The lowest BCUT2D eigenvalue weighted by molar-refractivity contribution is -0.368. The van der Waals surface area contributed by atoms with E-state index < -0.39 is 177 Å². The number of carbonyl (C=O) groups is 5. The molecule has 34 nitrogen and oxygen atoms in total. The van der Waals surface area contributed by atoms with Crippen molar-refractivity contribution in [3.8, 4) is 0 Å². The number of methoxy groups -OCH3 is 1. The van der Waals surface area contributed by atoms with Gasteiger partial charge in [-0.2, -0.15) is 9.59 Å². The van der Waals surface area contributed by atoms with Gasteiger partial charge in [-0.15, -0.1) is 0 Å². The number of hydrogen-bond acceptors (Lipinski definition) is 27. The molecule has 0 aromatic heterocycles. The Morgan fingerprint density at radius 2 is 0.872 bits per heavy atom. The van der Waals surface area contributed by atoms with Gasteiger partial charge in [0.2, 0.25) is 0 Å². The van der Waals surface area contributed by atoms with Crippen LogP contribution < -0.4 is 0 Å². The summed E-state index contributed by atoms with van der Waals surface area (Å²) >= 11 is 0. The molecule has 0 saturated carbocycles. The summed E-state index contributed by atoms with van der Waals surface area (Å²) in [7, 11) is 1.18. The zero-order valence-electron chi connectivity index (χ0n) is 67.1. The Labute approximate surface area is 678 Å². The third-order valence-corrected chi connectivity index (χ3v) is 21.6. The number of ether oxygens (including phenoxy) is 17. The smallest absolute Gasteiger partial charge is 0.410 e. The highest BCUT2D eigenvalue weighted by Crippen LogP contribution is 2.44. The van der Waals surface area contributed by atoms with E-state index in [0.717, 1.165) is 22.3 Å². The van der Waals surface area contributed by atoms with Crippen LogP contribution in [0, 0.1) is 35.5 Å². The Morgan fingerprint density at radius 3 is 1.40 bits per heavy atom. The third-order valence-electron chi connectivity index (χ3n) is 21.6. The molecule has 34 heteroatoms. The van der Waals surface area contributed by atoms with Gasteiger partial charge >= 0.3 is 36.1 Å². The summed E-state index contributed by atoms with van der Waals surface area (Å²) in [5.74, 6) is -6.54. The van der Waals surface area contributed by atoms with E-state index in [0.29, 0.717) is 37.9 Å². The minimum absolute atomic E-state index is 0.000845. The van der Waals surface area contributed by atoms with Gasteiger partial charge in [0.25, 0.3) is 0 Å². The van der Waals surface area contributed by atoms with Crippen molar-refractivity contribution in [2.24, 2.45) is 50.9 Å². The van der Waals surface area contributed by atoms with Gasteiger partial charge in [0.15, 0.2) is 37.6 Å². The molecule has 0 radical (unpaired) electrons. The van der Waals surface area contributed by atoms with Crippen LogP contribution in [0.25, 0.3) is 31.3 Å². The van der Waals surface area contributed by atoms with E-state index in [4.69, 9.17) is 90.1 Å². The van der Waals surface area contributed by atoms with Crippen molar-refractivity contribution in [1.82, 2.24) is 4.90 Å². The normalized spacial score (nSPS) is 30.6. The van der Waals surface area contributed by atoms with Crippen LogP contribution in [0.15, 0.2) is 167 Å². The molecule has 10 rings (SSSR count). The first-order chi connectivity index (χ1) is 56.6. The van der Waals surface area contributed by atoms with Gasteiger partial charge in [-0.3, -0.25) is 9.59 Å². The SMILES string of the molecule is COC(=O)C1O[C@@H](O[C@@H]2C(COC(C)=O)O[C@H](O[C@H]3C(C)O[C@@H](O[C@@H]4C(COC(=O)c5ccccc5)O[C@@H](OCCCCCN(Cc5ccccc5)C(=O)OCc5ccccc5)C(N=[N+]=[N-])[C@H]4C)C(C)[C@@H]3OCc3ccccc3)C(N=[N+]=[N-])[C@H]2C)C(OCc2ccccc2)[C@@H](C)[C@@H]1O[C@H]1OC(COC(C)=O)[C@@H](C)[C@H](C)C1N=[N+]=[N-].O=C=O. The van der Waals surface area contributed by atoms with Gasteiger partial charge in [-0.05, 0) is 101 Å².